The van der Waals surface area contributed by atoms with Gasteiger partial charge in [0.1, 0.15) is 18.1 Å². The van der Waals surface area contributed by atoms with Gasteiger partial charge in [0.05, 0.1) is 5.69 Å². The fourth-order valence-electron chi connectivity index (χ4n) is 2.93. The van der Waals surface area contributed by atoms with Gasteiger partial charge in [-0.1, -0.05) is 23.4 Å². The minimum atomic E-state index is 0.744. The SMILES string of the molecule is Cc1noc(C)c1CN1CCN(CCOc2ccccc2)CC1. The number of ether oxygens (including phenoxy) is 1. The average molecular weight is 315 g/mol. The lowest BCUT2D eigenvalue weighted by Gasteiger charge is -2.34. The Bertz CT molecular complexity index is 584. The van der Waals surface area contributed by atoms with E-state index in [1.54, 1.807) is 0 Å². The van der Waals surface area contributed by atoms with Crippen molar-refractivity contribution >= 4 is 0 Å². The number of piperazine rings is 1. The largest absolute Gasteiger partial charge is 0.492 e. The lowest BCUT2D eigenvalue weighted by molar-refractivity contribution is 0.112. The molecule has 2 heterocycles. The highest BCUT2D eigenvalue weighted by molar-refractivity contribution is 5.21. The van der Waals surface area contributed by atoms with Gasteiger partial charge in [0.2, 0.25) is 0 Å². The molecule has 1 aromatic carbocycles. The van der Waals surface area contributed by atoms with Crippen LogP contribution in [0.4, 0.5) is 0 Å². The van der Waals surface area contributed by atoms with Crippen molar-refractivity contribution in [2.75, 3.05) is 39.3 Å². The van der Waals surface area contributed by atoms with E-state index in [-0.39, 0.29) is 0 Å². The summed E-state index contributed by atoms with van der Waals surface area (Å²) in [6.45, 7) is 11.0. The van der Waals surface area contributed by atoms with Crippen molar-refractivity contribution in [3.05, 3.63) is 47.3 Å². The molecule has 5 heteroatoms. The lowest BCUT2D eigenvalue weighted by Crippen LogP contribution is -2.47. The summed E-state index contributed by atoms with van der Waals surface area (Å²) in [4.78, 5) is 4.94. The van der Waals surface area contributed by atoms with Crippen molar-refractivity contribution < 1.29 is 9.26 Å². The molecule has 1 aliphatic heterocycles. The number of hydrogen-bond acceptors (Lipinski definition) is 5. The van der Waals surface area contributed by atoms with E-state index in [1.807, 2.05) is 44.2 Å². The Morgan fingerprint density at radius 2 is 1.74 bits per heavy atom. The molecule has 0 radical (unpaired) electrons. The van der Waals surface area contributed by atoms with Crippen LogP contribution in [0.15, 0.2) is 34.9 Å². The van der Waals surface area contributed by atoms with E-state index in [1.165, 1.54) is 5.56 Å². The number of hydrogen-bond donors (Lipinski definition) is 0. The number of para-hydroxylation sites is 1. The van der Waals surface area contributed by atoms with Crippen LogP contribution in [-0.4, -0.2) is 54.3 Å². The predicted molar refractivity (Wildman–Crippen MR) is 89.6 cm³/mol. The van der Waals surface area contributed by atoms with Gasteiger partial charge in [-0.05, 0) is 26.0 Å². The Kier molecular flexibility index (Phi) is 5.31. The molecule has 1 fully saturated rings. The zero-order valence-corrected chi connectivity index (χ0v) is 14.0. The first-order valence-electron chi connectivity index (χ1n) is 8.26. The molecule has 0 bridgehead atoms. The van der Waals surface area contributed by atoms with Crippen molar-refractivity contribution in [1.29, 1.82) is 0 Å². The molecule has 23 heavy (non-hydrogen) atoms. The Morgan fingerprint density at radius 1 is 1.04 bits per heavy atom. The quantitative estimate of drug-likeness (QED) is 0.819. The van der Waals surface area contributed by atoms with Crippen molar-refractivity contribution in [3.63, 3.8) is 0 Å². The van der Waals surface area contributed by atoms with Crippen LogP contribution in [0.5, 0.6) is 5.75 Å². The first kappa shape index (κ1) is 16.0. The zero-order chi connectivity index (χ0) is 16.1. The van der Waals surface area contributed by atoms with Crippen molar-refractivity contribution in [1.82, 2.24) is 15.0 Å². The molecule has 3 rings (SSSR count). The maximum atomic E-state index is 5.78. The van der Waals surface area contributed by atoms with Gasteiger partial charge in [0, 0.05) is 44.8 Å². The predicted octanol–water partition coefficient (Wildman–Crippen LogP) is 2.49. The number of benzene rings is 1. The minimum absolute atomic E-state index is 0.744. The number of rotatable bonds is 6. The normalized spacial score (nSPS) is 16.6. The Morgan fingerprint density at radius 3 is 2.39 bits per heavy atom. The fraction of sp³-hybridized carbons (Fsp3) is 0.500. The first-order chi connectivity index (χ1) is 11.2. The topological polar surface area (TPSA) is 41.7 Å². The maximum Gasteiger partial charge on any atom is 0.138 e. The minimum Gasteiger partial charge on any atom is -0.492 e. The average Bonchev–Trinajstić information content (AvgIpc) is 2.89. The van der Waals surface area contributed by atoms with E-state index in [0.717, 1.165) is 63.1 Å². The molecular weight excluding hydrogens is 290 g/mol. The fourth-order valence-corrected chi connectivity index (χ4v) is 2.93. The van der Waals surface area contributed by atoms with Gasteiger partial charge < -0.3 is 9.26 Å². The van der Waals surface area contributed by atoms with Crippen LogP contribution in [-0.2, 0) is 6.54 Å². The number of aromatic nitrogens is 1. The molecule has 0 atom stereocenters. The van der Waals surface area contributed by atoms with Crippen LogP contribution in [0.25, 0.3) is 0 Å². The Labute approximate surface area is 137 Å². The summed E-state index contributed by atoms with van der Waals surface area (Å²) in [7, 11) is 0. The van der Waals surface area contributed by atoms with Gasteiger partial charge in [0.15, 0.2) is 0 Å². The molecule has 0 saturated carbocycles. The van der Waals surface area contributed by atoms with Crippen molar-refractivity contribution in [2.45, 2.75) is 20.4 Å². The summed E-state index contributed by atoms with van der Waals surface area (Å²) in [5, 5.41) is 4.04. The number of nitrogens with zero attached hydrogens (tertiary/aromatic N) is 3. The van der Waals surface area contributed by atoms with Crippen LogP contribution in [0, 0.1) is 13.8 Å². The van der Waals surface area contributed by atoms with Crippen molar-refractivity contribution in [3.8, 4) is 5.75 Å². The van der Waals surface area contributed by atoms with Gasteiger partial charge in [-0.25, -0.2) is 0 Å². The van der Waals surface area contributed by atoms with Gasteiger partial charge in [-0.3, -0.25) is 9.80 Å². The van der Waals surface area contributed by atoms with Crippen molar-refractivity contribution in [2.24, 2.45) is 0 Å². The molecule has 1 aromatic heterocycles. The Balaban J connectivity index is 1.39. The third-order valence-corrected chi connectivity index (χ3v) is 4.45. The second-order valence-corrected chi connectivity index (χ2v) is 6.08. The molecule has 0 amide bonds. The molecule has 0 aliphatic carbocycles. The van der Waals surface area contributed by atoms with Gasteiger partial charge in [0.25, 0.3) is 0 Å². The zero-order valence-electron chi connectivity index (χ0n) is 14.0. The molecule has 0 N–H and O–H groups in total. The van der Waals surface area contributed by atoms with E-state index in [4.69, 9.17) is 9.26 Å². The third-order valence-electron chi connectivity index (χ3n) is 4.45. The molecule has 5 nitrogen and oxygen atoms in total. The van der Waals surface area contributed by atoms with Crippen LogP contribution in [0.1, 0.15) is 17.0 Å². The Hall–Kier alpha value is -1.85. The number of aryl methyl sites for hydroxylation is 2. The second-order valence-electron chi connectivity index (χ2n) is 6.08. The molecule has 0 spiro atoms. The molecular formula is C18H25N3O2. The van der Waals surface area contributed by atoms with Crippen LogP contribution in [0.3, 0.4) is 0 Å². The first-order valence-corrected chi connectivity index (χ1v) is 8.26. The molecule has 2 aromatic rings. The monoisotopic (exact) mass is 315 g/mol. The summed E-state index contributed by atoms with van der Waals surface area (Å²) in [6.07, 6.45) is 0. The maximum absolute atomic E-state index is 5.78. The standard InChI is InChI=1S/C18H25N3O2/c1-15-18(16(2)23-19-15)14-21-10-8-20(9-11-21)12-13-22-17-6-4-3-5-7-17/h3-7H,8-14H2,1-2H3. The molecule has 0 unspecified atom stereocenters. The van der Waals surface area contributed by atoms with Gasteiger partial charge >= 0.3 is 0 Å². The van der Waals surface area contributed by atoms with E-state index < -0.39 is 0 Å². The third kappa shape index (κ3) is 4.33. The second kappa shape index (κ2) is 7.62. The van der Waals surface area contributed by atoms with Crippen LogP contribution >= 0.6 is 0 Å². The molecule has 1 saturated heterocycles. The van der Waals surface area contributed by atoms with E-state index >= 15 is 0 Å². The van der Waals surface area contributed by atoms with Gasteiger partial charge in [-0.2, -0.15) is 0 Å². The lowest BCUT2D eigenvalue weighted by atomic mass is 10.2. The molecule has 1 aliphatic rings. The highest BCUT2D eigenvalue weighted by Crippen LogP contribution is 2.16. The van der Waals surface area contributed by atoms with Crippen LogP contribution in [0.2, 0.25) is 0 Å². The van der Waals surface area contributed by atoms with E-state index in [0.29, 0.717) is 0 Å². The summed E-state index contributed by atoms with van der Waals surface area (Å²) >= 11 is 0. The molecule has 124 valence electrons. The summed E-state index contributed by atoms with van der Waals surface area (Å²) in [5.41, 5.74) is 2.26. The smallest absolute Gasteiger partial charge is 0.138 e. The summed E-state index contributed by atoms with van der Waals surface area (Å²) < 4.78 is 11.0. The van der Waals surface area contributed by atoms with E-state index in [2.05, 4.69) is 15.0 Å². The van der Waals surface area contributed by atoms with Crippen LogP contribution < -0.4 is 4.74 Å². The highest BCUT2D eigenvalue weighted by atomic mass is 16.5. The summed E-state index contributed by atoms with van der Waals surface area (Å²) in [6, 6.07) is 10.0. The highest BCUT2D eigenvalue weighted by Gasteiger charge is 2.19. The summed E-state index contributed by atoms with van der Waals surface area (Å²) in [5.74, 6) is 1.89. The van der Waals surface area contributed by atoms with E-state index in [9.17, 15) is 0 Å². The van der Waals surface area contributed by atoms with Gasteiger partial charge in [-0.15, -0.1) is 0 Å².